The van der Waals surface area contributed by atoms with E-state index in [1.54, 1.807) is 0 Å². The van der Waals surface area contributed by atoms with Crippen LogP contribution in [0.2, 0.25) is 0 Å². The quantitative estimate of drug-likeness (QED) is 0.583. The topological polar surface area (TPSA) is 58.1 Å². The molecular weight excluding hydrogens is 186 g/mol. The number of aliphatic imine (C=N–C) groups is 1. The van der Waals surface area contributed by atoms with Gasteiger partial charge in [0.1, 0.15) is 0 Å². The number of thiazole rings is 1. The lowest BCUT2D eigenvalue weighted by molar-refractivity contribution is 0.565. The largest absolute Gasteiger partial charge is 0.360 e. The molecule has 0 unspecified atom stereocenters. The highest BCUT2D eigenvalue weighted by molar-refractivity contribution is 7.13. The third kappa shape index (κ3) is 1.56. The second-order valence-electron chi connectivity index (χ2n) is 2.30. The zero-order valence-corrected chi connectivity index (χ0v) is 7.34. The summed E-state index contributed by atoms with van der Waals surface area (Å²) in [7, 11) is 0. The Balaban J connectivity index is 2.38. The van der Waals surface area contributed by atoms with E-state index < -0.39 is 0 Å². The van der Waals surface area contributed by atoms with Gasteiger partial charge in [-0.3, -0.25) is 0 Å². The predicted molar refractivity (Wildman–Crippen MR) is 49.7 cm³/mol. The number of H-pyrrole nitrogens is 1. The number of nitrogens with one attached hydrogen (secondary N) is 1. The van der Waals surface area contributed by atoms with Crippen molar-refractivity contribution in [2.45, 2.75) is 0 Å². The molecule has 0 aliphatic heterocycles. The maximum absolute atomic E-state index is 9.94. The smallest absolute Gasteiger partial charge is 0.242 e. The Bertz CT molecular complexity index is 440. The Hall–Kier alpha value is -1.71. The van der Waals surface area contributed by atoms with Crippen LogP contribution >= 0.6 is 11.3 Å². The van der Waals surface area contributed by atoms with E-state index >= 15 is 0 Å². The standard InChI is InChI=1S/C8H5N3OS/c12-5-10-8-11-7(4-13-8)6-2-1-3-9-6/h1-4,9H. The Morgan fingerprint density at radius 2 is 2.54 bits per heavy atom. The molecular formula is C8H5N3OS. The molecule has 0 aliphatic carbocycles. The Morgan fingerprint density at radius 3 is 3.23 bits per heavy atom. The third-order valence-corrected chi connectivity index (χ3v) is 2.24. The van der Waals surface area contributed by atoms with Gasteiger partial charge in [-0.1, -0.05) is 0 Å². The molecule has 0 saturated heterocycles. The second kappa shape index (κ2) is 3.35. The van der Waals surface area contributed by atoms with E-state index in [0.717, 1.165) is 11.4 Å². The highest BCUT2D eigenvalue weighted by Crippen LogP contribution is 2.24. The normalized spacial score (nSPS) is 9.54. The summed E-state index contributed by atoms with van der Waals surface area (Å²) < 4.78 is 0. The number of aromatic amines is 1. The van der Waals surface area contributed by atoms with Crippen molar-refractivity contribution < 1.29 is 4.79 Å². The van der Waals surface area contributed by atoms with Crippen LogP contribution in [0.4, 0.5) is 5.13 Å². The number of hydrogen-bond acceptors (Lipinski definition) is 4. The number of isocyanates is 1. The molecule has 0 aliphatic rings. The predicted octanol–water partition coefficient (Wildman–Crippen LogP) is 2.11. The molecule has 1 N–H and O–H groups in total. The lowest BCUT2D eigenvalue weighted by Crippen LogP contribution is -1.74. The van der Waals surface area contributed by atoms with Gasteiger partial charge in [-0.25, -0.2) is 9.78 Å². The van der Waals surface area contributed by atoms with Gasteiger partial charge in [-0.15, -0.1) is 16.3 Å². The van der Waals surface area contributed by atoms with Crippen LogP contribution < -0.4 is 0 Å². The van der Waals surface area contributed by atoms with Crippen molar-refractivity contribution in [1.29, 1.82) is 0 Å². The number of aromatic nitrogens is 2. The maximum atomic E-state index is 9.94. The fraction of sp³-hybridized carbons (Fsp3) is 0. The summed E-state index contributed by atoms with van der Waals surface area (Å²) in [4.78, 5) is 20.5. The van der Waals surface area contributed by atoms with Crippen LogP contribution in [-0.4, -0.2) is 16.0 Å². The number of hydrogen-bond donors (Lipinski definition) is 1. The summed E-state index contributed by atoms with van der Waals surface area (Å²) in [6.07, 6.45) is 3.27. The van der Waals surface area contributed by atoms with Gasteiger partial charge in [-0.05, 0) is 12.1 Å². The Morgan fingerprint density at radius 1 is 1.62 bits per heavy atom. The van der Waals surface area contributed by atoms with Crippen molar-refractivity contribution in [1.82, 2.24) is 9.97 Å². The van der Waals surface area contributed by atoms with Crippen LogP contribution in [0.1, 0.15) is 0 Å². The molecule has 2 aromatic rings. The molecule has 0 fully saturated rings. The summed E-state index contributed by atoms with van der Waals surface area (Å²) in [5.74, 6) is 0. The molecule has 0 atom stereocenters. The summed E-state index contributed by atoms with van der Waals surface area (Å²) >= 11 is 1.31. The minimum atomic E-state index is 0.430. The number of rotatable bonds is 2. The van der Waals surface area contributed by atoms with Gasteiger partial charge in [0, 0.05) is 11.6 Å². The van der Waals surface area contributed by atoms with Crippen molar-refractivity contribution in [2.75, 3.05) is 0 Å². The van der Waals surface area contributed by atoms with Crippen LogP contribution in [0, 0.1) is 0 Å². The van der Waals surface area contributed by atoms with Gasteiger partial charge in [0.2, 0.25) is 11.2 Å². The molecule has 64 valence electrons. The van der Waals surface area contributed by atoms with Crippen LogP contribution in [0.5, 0.6) is 0 Å². The molecule has 2 rings (SSSR count). The van der Waals surface area contributed by atoms with E-state index in [1.165, 1.54) is 17.4 Å². The van der Waals surface area contributed by atoms with Crippen LogP contribution in [0.25, 0.3) is 11.4 Å². The van der Waals surface area contributed by atoms with E-state index in [-0.39, 0.29) is 0 Å². The third-order valence-electron chi connectivity index (χ3n) is 1.51. The lowest BCUT2D eigenvalue weighted by atomic mass is 10.3. The van der Waals surface area contributed by atoms with Crippen LogP contribution in [0.15, 0.2) is 28.7 Å². The maximum Gasteiger partial charge on any atom is 0.242 e. The fourth-order valence-electron chi connectivity index (χ4n) is 0.968. The summed E-state index contributed by atoms with van der Waals surface area (Å²) in [6.45, 7) is 0. The molecule has 2 aromatic heterocycles. The second-order valence-corrected chi connectivity index (χ2v) is 3.14. The van der Waals surface area contributed by atoms with Gasteiger partial charge < -0.3 is 4.98 Å². The van der Waals surface area contributed by atoms with Gasteiger partial charge in [-0.2, -0.15) is 0 Å². The van der Waals surface area contributed by atoms with E-state index in [9.17, 15) is 4.79 Å². The monoisotopic (exact) mass is 191 g/mol. The van der Waals surface area contributed by atoms with Gasteiger partial charge in [0.15, 0.2) is 0 Å². The van der Waals surface area contributed by atoms with Crippen molar-refractivity contribution in [2.24, 2.45) is 4.99 Å². The van der Waals surface area contributed by atoms with Crippen LogP contribution in [0.3, 0.4) is 0 Å². The minimum absolute atomic E-state index is 0.430. The average molecular weight is 191 g/mol. The highest BCUT2D eigenvalue weighted by Gasteiger charge is 2.02. The van der Waals surface area contributed by atoms with Gasteiger partial charge in [0.05, 0.1) is 11.4 Å². The molecule has 5 heteroatoms. The molecule has 0 aromatic carbocycles. The van der Waals surface area contributed by atoms with E-state index in [2.05, 4.69) is 15.0 Å². The zero-order valence-electron chi connectivity index (χ0n) is 6.52. The molecule has 2 heterocycles. The van der Waals surface area contributed by atoms with E-state index in [4.69, 9.17) is 0 Å². The van der Waals surface area contributed by atoms with Crippen molar-refractivity contribution in [3.05, 3.63) is 23.7 Å². The molecule has 13 heavy (non-hydrogen) atoms. The molecule has 4 nitrogen and oxygen atoms in total. The van der Waals surface area contributed by atoms with E-state index in [1.807, 2.05) is 23.7 Å². The Kier molecular flexibility index (Phi) is 2.04. The van der Waals surface area contributed by atoms with Crippen LogP contribution in [-0.2, 0) is 4.79 Å². The van der Waals surface area contributed by atoms with E-state index in [0.29, 0.717) is 5.13 Å². The van der Waals surface area contributed by atoms with Gasteiger partial charge in [0.25, 0.3) is 0 Å². The Labute approximate surface area is 78.0 Å². The first-order chi connectivity index (χ1) is 6.40. The zero-order chi connectivity index (χ0) is 9.10. The first-order valence-electron chi connectivity index (χ1n) is 3.57. The summed E-state index contributed by atoms with van der Waals surface area (Å²) in [6, 6.07) is 3.79. The van der Waals surface area contributed by atoms with Gasteiger partial charge >= 0.3 is 0 Å². The SMILES string of the molecule is O=C=Nc1nc(-c2ccc[nH]2)cs1. The molecule has 0 spiro atoms. The first kappa shape index (κ1) is 7.91. The summed E-state index contributed by atoms with van der Waals surface area (Å²) in [5, 5.41) is 2.27. The number of nitrogens with zero attached hydrogens (tertiary/aromatic N) is 2. The van der Waals surface area contributed by atoms with Crippen molar-refractivity contribution in [3.8, 4) is 11.4 Å². The molecule has 0 amide bonds. The molecule has 0 radical (unpaired) electrons. The fourth-order valence-corrected chi connectivity index (χ4v) is 1.61. The van der Waals surface area contributed by atoms with Crippen molar-refractivity contribution in [3.63, 3.8) is 0 Å². The summed E-state index contributed by atoms with van der Waals surface area (Å²) in [5.41, 5.74) is 1.72. The molecule has 0 bridgehead atoms. The highest BCUT2D eigenvalue weighted by atomic mass is 32.1. The average Bonchev–Trinajstić information content (AvgIpc) is 2.70. The number of carbonyl (C=O) groups excluding carboxylic acids is 1. The first-order valence-corrected chi connectivity index (χ1v) is 4.45. The molecule has 0 saturated carbocycles. The minimum Gasteiger partial charge on any atom is -0.360 e. The van der Waals surface area contributed by atoms with Crippen molar-refractivity contribution >= 4 is 22.5 Å². The lowest BCUT2D eigenvalue weighted by Gasteiger charge is -1.86.